The van der Waals surface area contributed by atoms with E-state index in [1.165, 1.54) is 11.8 Å². The van der Waals surface area contributed by atoms with Crippen molar-refractivity contribution < 1.29 is 9.15 Å². The van der Waals surface area contributed by atoms with E-state index in [0.717, 1.165) is 28.3 Å². The number of hydrogen-bond donors (Lipinski definition) is 0. The molecule has 0 aliphatic carbocycles. The highest BCUT2D eigenvalue weighted by atomic mass is 35.5. The summed E-state index contributed by atoms with van der Waals surface area (Å²) in [5, 5.41) is 13.7. The van der Waals surface area contributed by atoms with Gasteiger partial charge in [0, 0.05) is 11.3 Å². The lowest BCUT2D eigenvalue weighted by Gasteiger charge is -2.03. The molecule has 29 heavy (non-hydrogen) atoms. The third-order valence-electron chi connectivity index (χ3n) is 4.26. The molecule has 0 saturated carbocycles. The molecule has 0 radical (unpaired) electrons. The Balaban J connectivity index is 1.39. The minimum absolute atomic E-state index is 0.225. The molecule has 0 N–H and O–H groups in total. The van der Waals surface area contributed by atoms with Crippen molar-refractivity contribution in [1.29, 1.82) is 0 Å². The summed E-state index contributed by atoms with van der Waals surface area (Å²) in [6, 6.07) is 17.6. The van der Waals surface area contributed by atoms with Gasteiger partial charge in [-0.25, -0.2) is 4.68 Å². The standard InChI is InChI=1S/C21H19ClN4O2S/c1-14-7-6-10-17(11-14)27-12-19-23-24-21(28-19)29-13-18-15(2)25-26(20(18)22)16-8-4-3-5-9-16/h3-11H,12-13H2,1-2H3. The fraction of sp³-hybridized carbons (Fsp3) is 0.190. The van der Waals surface area contributed by atoms with Crippen LogP contribution < -0.4 is 4.74 Å². The molecule has 0 saturated heterocycles. The second-order valence-electron chi connectivity index (χ2n) is 6.46. The van der Waals surface area contributed by atoms with E-state index < -0.39 is 0 Å². The van der Waals surface area contributed by atoms with Gasteiger partial charge in [-0.15, -0.1) is 10.2 Å². The topological polar surface area (TPSA) is 66.0 Å². The molecule has 6 nitrogen and oxygen atoms in total. The van der Waals surface area contributed by atoms with Crippen LogP contribution >= 0.6 is 23.4 Å². The molecule has 0 bridgehead atoms. The Hall–Kier alpha value is -2.77. The smallest absolute Gasteiger partial charge is 0.277 e. The third kappa shape index (κ3) is 4.63. The number of rotatable bonds is 7. The Morgan fingerprint density at radius 1 is 1.07 bits per heavy atom. The maximum atomic E-state index is 6.57. The number of aryl methyl sites for hydroxylation is 2. The number of aromatic nitrogens is 4. The number of para-hydroxylation sites is 1. The summed E-state index contributed by atoms with van der Waals surface area (Å²) in [5.74, 6) is 1.78. The zero-order chi connectivity index (χ0) is 20.2. The van der Waals surface area contributed by atoms with Crippen molar-refractivity contribution in [1.82, 2.24) is 20.0 Å². The Morgan fingerprint density at radius 3 is 2.69 bits per heavy atom. The molecule has 148 valence electrons. The van der Waals surface area contributed by atoms with Gasteiger partial charge in [0.1, 0.15) is 10.9 Å². The number of thioether (sulfide) groups is 1. The van der Waals surface area contributed by atoms with Crippen LogP contribution in [0.1, 0.15) is 22.7 Å². The summed E-state index contributed by atoms with van der Waals surface area (Å²) in [4.78, 5) is 0. The molecule has 0 amide bonds. The molecule has 0 spiro atoms. The predicted molar refractivity (Wildman–Crippen MR) is 113 cm³/mol. The van der Waals surface area contributed by atoms with Gasteiger partial charge in [0.15, 0.2) is 6.61 Å². The summed E-state index contributed by atoms with van der Waals surface area (Å²) in [5.41, 5.74) is 3.86. The van der Waals surface area contributed by atoms with Crippen LogP contribution in [0.5, 0.6) is 5.75 Å². The van der Waals surface area contributed by atoms with E-state index in [1.54, 1.807) is 4.68 Å². The van der Waals surface area contributed by atoms with Gasteiger partial charge >= 0.3 is 0 Å². The predicted octanol–water partition coefficient (Wildman–Crippen LogP) is 5.40. The Labute approximate surface area is 177 Å². The summed E-state index contributed by atoms with van der Waals surface area (Å²) in [6.45, 7) is 4.18. The van der Waals surface area contributed by atoms with Gasteiger partial charge in [0.05, 0.1) is 11.4 Å². The van der Waals surface area contributed by atoms with Crippen LogP contribution in [0.2, 0.25) is 5.15 Å². The minimum atomic E-state index is 0.225. The van der Waals surface area contributed by atoms with E-state index in [9.17, 15) is 0 Å². The molecule has 0 unspecified atom stereocenters. The van der Waals surface area contributed by atoms with Gasteiger partial charge in [-0.1, -0.05) is 53.7 Å². The highest BCUT2D eigenvalue weighted by Gasteiger charge is 2.16. The SMILES string of the molecule is Cc1cccc(OCc2nnc(SCc3c(C)nn(-c4ccccc4)c3Cl)o2)c1. The molecular weight excluding hydrogens is 408 g/mol. The lowest BCUT2D eigenvalue weighted by atomic mass is 10.2. The normalized spacial score (nSPS) is 11.0. The zero-order valence-corrected chi connectivity index (χ0v) is 17.6. The molecule has 2 aromatic heterocycles. The van der Waals surface area contributed by atoms with E-state index in [4.69, 9.17) is 20.8 Å². The van der Waals surface area contributed by atoms with E-state index in [0.29, 0.717) is 22.0 Å². The van der Waals surface area contributed by atoms with Crippen molar-refractivity contribution in [3.8, 4) is 11.4 Å². The molecule has 4 aromatic rings. The van der Waals surface area contributed by atoms with Crippen LogP contribution in [0, 0.1) is 13.8 Å². The lowest BCUT2D eigenvalue weighted by Crippen LogP contribution is -1.96. The molecule has 0 aliphatic heterocycles. The first-order valence-electron chi connectivity index (χ1n) is 9.04. The van der Waals surface area contributed by atoms with Crippen LogP contribution in [-0.4, -0.2) is 20.0 Å². The second-order valence-corrected chi connectivity index (χ2v) is 7.74. The number of hydrogen-bond acceptors (Lipinski definition) is 6. The monoisotopic (exact) mass is 426 g/mol. The highest BCUT2D eigenvalue weighted by Crippen LogP contribution is 2.30. The molecule has 2 aromatic carbocycles. The van der Waals surface area contributed by atoms with Gasteiger partial charge in [-0.3, -0.25) is 0 Å². The van der Waals surface area contributed by atoms with Gasteiger partial charge in [-0.05, 0) is 43.7 Å². The number of nitrogens with zero attached hydrogens (tertiary/aromatic N) is 4. The van der Waals surface area contributed by atoms with Crippen molar-refractivity contribution >= 4 is 23.4 Å². The Kier molecular flexibility index (Phi) is 5.87. The van der Waals surface area contributed by atoms with Crippen molar-refractivity contribution in [2.75, 3.05) is 0 Å². The van der Waals surface area contributed by atoms with E-state index in [2.05, 4.69) is 15.3 Å². The minimum Gasteiger partial charge on any atom is -0.484 e. The molecule has 2 heterocycles. The van der Waals surface area contributed by atoms with Crippen LogP contribution in [-0.2, 0) is 12.4 Å². The number of ether oxygens (including phenoxy) is 1. The number of benzene rings is 2. The second kappa shape index (κ2) is 8.71. The quantitative estimate of drug-likeness (QED) is 0.369. The first kappa shape index (κ1) is 19.5. The van der Waals surface area contributed by atoms with E-state index in [-0.39, 0.29) is 6.61 Å². The lowest BCUT2D eigenvalue weighted by molar-refractivity contribution is 0.252. The maximum Gasteiger partial charge on any atom is 0.277 e. The fourth-order valence-electron chi connectivity index (χ4n) is 2.77. The van der Waals surface area contributed by atoms with Gasteiger partial charge < -0.3 is 9.15 Å². The van der Waals surface area contributed by atoms with Crippen LogP contribution in [0.25, 0.3) is 5.69 Å². The van der Waals surface area contributed by atoms with E-state index in [1.807, 2.05) is 68.4 Å². The van der Waals surface area contributed by atoms with Crippen molar-refractivity contribution in [2.24, 2.45) is 0 Å². The van der Waals surface area contributed by atoms with Gasteiger partial charge in [0.2, 0.25) is 0 Å². The van der Waals surface area contributed by atoms with E-state index >= 15 is 0 Å². The Morgan fingerprint density at radius 2 is 1.90 bits per heavy atom. The largest absolute Gasteiger partial charge is 0.484 e. The summed E-state index contributed by atoms with van der Waals surface area (Å²) < 4.78 is 13.1. The summed E-state index contributed by atoms with van der Waals surface area (Å²) in [6.07, 6.45) is 0. The molecular formula is C21H19ClN4O2S. The van der Waals surface area contributed by atoms with Crippen molar-refractivity contribution in [2.45, 2.75) is 31.4 Å². The summed E-state index contributed by atoms with van der Waals surface area (Å²) >= 11 is 7.99. The van der Waals surface area contributed by atoms with Crippen LogP contribution in [0.4, 0.5) is 0 Å². The maximum absolute atomic E-state index is 6.57. The Bertz CT molecular complexity index is 1110. The summed E-state index contributed by atoms with van der Waals surface area (Å²) in [7, 11) is 0. The first-order valence-corrected chi connectivity index (χ1v) is 10.4. The third-order valence-corrected chi connectivity index (χ3v) is 5.50. The molecule has 0 atom stereocenters. The van der Waals surface area contributed by atoms with Crippen LogP contribution in [0.3, 0.4) is 0 Å². The van der Waals surface area contributed by atoms with Crippen molar-refractivity contribution in [3.05, 3.63) is 82.5 Å². The van der Waals surface area contributed by atoms with Gasteiger partial charge in [0.25, 0.3) is 11.1 Å². The highest BCUT2D eigenvalue weighted by molar-refractivity contribution is 7.98. The van der Waals surface area contributed by atoms with Gasteiger partial charge in [-0.2, -0.15) is 5.10 Å². The average Bonchev–Trinajstić information content (AvgIpc) is 3.30. The molecule has 4 rings (SSSR count). The fourth-order valence-corrected chi connectivity index (χ4v) is 4.06. The zero-order valence-electron chi connectivity index (χ0n) is 16.0. The van der Waals surface area contributed by atoms with Crippen molar-refractivity contribution in [3.63, 3.8) is 0 Å². The molecule has 0 aliphatic rings. The average molecular weight is 427 g/mol. The molecule has 8 heteroatoms. The molecule has 0 fully saturated rings. The first-order chi connectivity index (χ1) is 14.1. The number of halogens is 1. The van der Waals surface area contributed by atoms with Crippen LogP contribution in [0.15, 0.2) is 64.2 Å².